The number of H-pyrrole nitrogens is 1. The van der Waals surface area contributed by atoms with Gasteiger partial charge in [0.05, 0.1) is 12.6 Å². The average Bonchev–Trinajstić information content (AvgIpc) is 3.56. The molecule has 1 aliphatic rings. The van der Waals surface area contributed by atoms with E-state index in [2.05, 4.69) is 46.7 Å². The maximum Gasteiger partial charge on any atom is 0.271 e. The molecule has 0 saturated carbocycles. The van der Waals surface area contributed by atoms with E-state index in [-0.39, 0.29) is 24.4 Å². The molecule has 7 nitrogen and oxygen atoms in total. The molecule has 0 aliphatic carbocycles. The van der Waals surface area contributed by atoms with Gasteiger partial charge < -0.3 is 19.9 Å². The fourth-order valence-electron chi connectivity index (χ4n) is 5.28. The van der Waals surface area contributed by atoms with Gasteiger partial charge in [-0.1, -0.05) is 48.5 Å². The predicted molar refractivity (Wildman–Crippen MR) is 144 cm³/mol. The molecule has 7 heteroatoms. The summed E-state index contributed by atoms with van der Waals surface area (Å²) < 4.78 is 6.86. The van der Waals surface area contributed by atoms with Crippen LogP contribution >= 0.6 is 0 Å². The maximum atomic E-state index is 13.6. The molecule has 3 aromatic carbocycles. The first-order valence-corrected chi connectivity index (χ1v) is 12.4. The van der Waals surface area contributed by atoms with E-state index in [0.717, 1.165) is 28.4 Å². The molecule has 0 bridgehead atoms. The molecule has 3 heterocycles. The van der Waals surface area contributed by atoms with Crippen LogP contribution in [0, 0.1) is 0 Å². The van der Waals surface area contributed by atoms with Gasteiger partial charge in [-0.25, -0.2) is 0 Å². The Morgan fingerprint density at radius 3 is 2.68 bits per heavy atom. The monoisotopic (exact) mass is 492 g/mol. The van der Waals surface area contributed by atoms with Crippen LogP contribution in [0.5, 0.6) is 5.75 Å². The minimum Gasteiger partial charge on any atom is -0.497 e. The summed E-state index contributed by atoms with van der Waals surface area (Å²) in [4.78, 5) is 31.8. The Bertz CT molecular complexity index is 1600. The van der Waals surface area contributed by atoms with Gasteiger partial charge in [0.1, 0.15) is 18.0 Å². The zero-order valence-electron chi connectivity index (χ0n) is 20.6. The number of amides is 1. The first kappa shape index (κ1) is 23.1. The van der Waals surface area contributed by atoms with E-state index in [1.807, 2.05) is 42.6 Å². The molecule has 1 amide bonds. The van der Waals surface area contributed by atoms with Crippen LogP contribution in [0.15, 0.2) is 85.1 Å². The summed E-state index contributed by atoms with van der Waals surface area (Å²) in [6.45, 7) is 1.11. The van der Waals surface area contributed by atoms with Crippen molar-refractivity contribution in [1.82, 2.24) is 19.8 Å². The first-order chi connectivity index (χ1) is 18.1. The molecule has 2 N–H and O–H groups in total. The molecular formula is C30H28N4O3. The van der Waals surface area contributed by atoms with E-state index in [1.54, 1.807) is 22.6 Å². The number of carbonyl (C=O) groups is 2. The highest BCUT2D eigenvalue weighted by atomic mass is 16.5. The molecule has 1 atom stereocenters. The topological polar surface area (TPSA) is 79.4 Å². The van der Waals surface area contributed by atoms with Gasteiger partial charge in [0.2, 0.25) is 0 Å². The van der Waals surface area contributed by atoms with Crippen molar-refractivity contribution in [3.8, 4) is 5.75 Å². The lowest BCUT2D eigenvalue weighted by Gasteiger charge is -2.31. The van der Waals surface area contributed by atoms with Crippen LogP contribution < -0.4 is 10.1 Å². The number of methoxy groups -OCH3 is 1. The smallest absolute Gasteiger partial charge is 0.271 e. The summed E-state index contributed by atoms with van der Waals surface area (Å²) in [5, 5.41) is 5.65. The highest BCUT2D eigenvalue weighted by Crippen LogP contribution is 2.28. The van der Waals surface area contributed by atoms with Gasteiger partial charge in [0.25, 0.3) is 11.8 Å². The number of nitrogens with zero attached hydrogens (tertiary/aromatic N) is 2. The average molecular weight is 493 g/mol. The number of nitrogens with one attached hydrogen (secondary N) is 2. The summed E-state index contributed by atoms with van der Waals surface area (Å²) in [7, 11) is 1.60. The van der Waals surface area contributed by atoms with E-state index in [9.17, 15) is 9.59 Å². The van der Waals surface area contributed by atoms with Crippen molar-refractivity contribution in [2.45, 2.75) is 19.0 Å². The molecule has 186 valence electrons. The number of benzene rings is 3. The van der Waals surface area contributed by atoms with Crippen molar-refractivity contribution in [2.75, 3.05) is 20.2 Å². The van der Waals surface area contributed by atoms with Crippen molar-refractivity contribution in [3.05, 3.63) is 102 Å². The van der Waals surface area contributed by atoms with Crippen molar-refractivity contribution in [1.29, 1.82) is 0 Å². The number of aromatic amines is 1. The summed E-state index contributed by atoms with van der Waals surface area (Å²) in [6.07, 6.45) is 2.68. The zero-order valence-corrected chi connectivity index (χ0v) is 20.6. The van der Waals surface area contributed by atoms with Gasteiger partial charge in [-0.05, 0) is 53.3 Å². The van der Waals surface area contributed by atoms with Crippen LogP contribution in [0.4, 0.5) is 0 Å². The first-order valence-electron chi connectivity index (χ1n) is 12.4. The molecule has 0 fully saturated rings. The Hall–Kier alpha value is -4.36. The molecular weight excluding hydrogens is 464 g/mol. The Morgan fingerprint density at radius 2 is 1.84 bits per heavy atom. The third kappa shape index (κ3) is 4.38. The second kappa shape index (κ2) is 9.59. The summed E-state index contributed by atoms with van der Waals surface area (Å²) >= 11 is 0. The fraction of sp³-hybridized carbons (Fsp3) is 0.200. The minimum atomic E-state index is -0.138. The molecule has 1 aliphatic heterocycles. The van der Waals surface area contributed by atoms with E-state index in [4.69, 9.17) is 4.74 Å². The second-order valence-corrected chi connectivity index (χ2v) is 9.50. The van der Waals surface area contributed by atoms with Crippen molar-refractivity contribution in [3.63, 3.8) is 0 Å². The van der Waals surface area contributed by atoms with E-state index >= 15 is 0 Å². The lowest BCUT2D eigenvalue weighted by atomic mass is 10.0. The third-order valence-corrected chi connectivity index (χ3v) is 7.11. The molecule has 0 radical (unpaired) electrons. The van der Waals surface area contributed by atoms with E-state index in [0.29, 0.717) is 24.5 Å². The molecule has 0 saturated heterocycles. The largest absolute Gasteiger partial charge is 0.497 e. The Labute approximate surface area is 214 Å². The van der Waals surface area contributed by atoms with Crippen LogP contribution in [0.3, 0.4) is 0 Å². The molecule has 6 rings (SSSR count). The second-order valence-electron chi connectivity index (χ2n) is 9.50. The number of rotatable bonds is 8. The van der Waals surface area contributed by atoms with Crippen molar-refractivity contribution < 1.29 is 14.3 Å². The maximum absolute atomic E-state index is 13.6. The van der Waals surface area contributed by atoms with Gasteiger partial charge in [0.15, 0.2) is 0 Å². The SMILES string of the molecule is COc1ccc2c(c1)cc1n2C(=O)CN(C[C@H](Cc2ccccc2)NCc2cccc3cc[nH]c23)C1=O. The lowest BCUT2D eigenvalue weighted by molar-refractivity contribution is 0.0608. The zero-order chi connectivity index (χ0) is 25.4. The Balaban J connectivity index is 1.27. The number of hydrogen-bond acceptors (Lipinski definition) is 4. The van der Waals surface area contributed by atoms with Crippen LogP contribution in [0.1, 0.15) is 26.4 Å². The lowest BCUT2D eigenvalue weighted by Crippen LogP contribution is -2.50. The molecule has 37 heavy (non-hydrogen) atoms. The van der Waals surface area contributed by atoms with E-state index in [1.165, 1.54) is 10.9 Å². The number of para-hydroxylation sites is 1. The van der Waals surface area contributed by atoms with Gasteiger partial charge >= 0.3 is 0 Å². The van der Waals surface area contributed by atoms with Gasteiger partial charge in [-0.3, -0.25) is 14.2 Å². The van der Waals surface area contributed by atoms with Gasteiger partial charge in [-0.15, -0.1) is 0 Å². The molecule has 2 aromatic heterocycles. The van der Waals surface area contributed by atoms with Gasteiger partial charge in [-0.2, -0.15) is 0 Å². The van der Waals surface area contributed by atoms with Gasteiger partial charge in [0, 0.05) is 36.2 Å². The number of carbonyl (C=O) groups excluding carboxylic acids is 2. The normalized spacial score (nSPS) is 14.4. The molecule has 0 unspecified atom stereocenters. The number of aromatic nitrogens is 2. The van der Waals surface area contributed by atoms with Crippen LogP contribution in [0.25, 0.3) is 21.8 Å². The standard InChI is InChI=1S/C30H28N4O3/c1-37-25-10-11-26-23(15-25)16-27-30(36)33(19-28(35)34(26)27)18-24(14-20-6-3-2-4-7-20)32-17-22-9-5-8-21-12-13-31-29(21)22/h2-13,15-16,24,31-32H,14,17-19H2,1H3/t24-/m0/s1. The summed E-state index contributed by atoms with van der Waals surface area (Å²) in [5.41, 5.74) is 4.57. The molecule has 0 spiro atoms. The fourth-order valence-corrected chi connectivity index (χ4v) is 5.28. The van der Waals surface area contributed by atoms with Crippen molar-refractivity contribution >= 4 is 33.6 Å². The number of ether oxygens (including phenoxy) is 1. The Kier molecular flexibility index (Phi) is 5.98. The summed E-state index contributed by atoms with van der Waals surface area (Å²) in [5.74, 6) is 0.446. The minimum absolute atomic E-state index is 0.0413. The van der Waals surface area contributed by atoms with Crippen LogP contribution in [-0.4, -0.2) is 52.5 Å². The quantitative estimate of drug-likeness (QED) is 0.331. The number of fused-ring (bicyclic) bond motifs is 4. The molecule has 5 aromatic rings. The Morgan fingerprint density at radius 1 is 0.973 bits per heavy atom. The summed E-state index contributed by atoms with van der Waals surface area (Å²) in [6, 6.07) is 25.8. The van der Waals surface area contributed by atoms with Crippen molar-refractivity contribution in [2.24, 2.45) is 0 Å². The highest BCUT2D eigenvalue weighted by molar-refractivity contribution is 6.09. The predicted octanol–water partition coefficient (Wildman–Crippen LogP) is 4.63. The highest BCUT2D eigenvalue weighted by Gasteiger charge is 2.33. The van der Waals surface area contributed by atoms with E-state index < -0.39 is 0 Å². The third-order valence-electron chi connectivity index (χ3n) is 7.11. The van der Waals surface area contributed by atoms with Crippen LogP contribution in [0.2, 0.25) is 0 Å². The van der Waals surface area contributed by atoms with Crippen LogP contribution in [-0.2, 0) is 13.0 Å². The number of hydrogen-bond donors (Lipinski definition) is 2.